The first-order valence-electron chi connectivity index (χ1n) is 5.53. The van der Waals surface area contributed by atoms with Gasteiger partial charge in [0, 0.05) is 0 Å². The molecule has 0 unspecified atom stereocenters. The van der Waals surface area contributed by atoms with Gasteiger partial charge in [0.25, 0.3) is 0 Å². The first-order chi connectivity index (χ1) is 8.70. The number of aromatic nitrogens is 2. The van der Waals surface area contributed by atoms with Crippen molar-refractivity contribution in [2.45, 2.75) is 26.6 Å². The summed E-state index contributed by atoms with van der Waals surface area (Å²) in [6.07, 6.45) is -4.54. The van der Waals surface area contributed by atoms with Crippen molar-refractivity contribution in [3.63, 3.8) is 0 Å². The number of nitrogens with zero attached hydrogens (tertiary/aromatic N) is 2. The van der Waals surface area contributed by atoms with Crippen molar-refractivity contribution in [3.8, 4) is 0 Å². The Bertz CT molecular complexity index is 658. The number of benzene rings is 1. The number of alkyl halides is 3. The van der Waals surface area contributed by atoms with E-state index in [0.717, 1.165) is 15.7 Å². The standard InChI is InChI=1S/C12H12F3N3S/c1-6-3-8-9(4-7(6)2)18(5-10(16)19)11(17-8)12(13,14)15/h3-4H,5H2,1-2H3,(H2,16,19). The highest BCUT2D eigenvalue weighted by molar-refractivity contribution is 7.80. The van der Waals surface area contributed by atoms with Gasteiger partial charge in [0.1, 0.15) is 0 Å². The largest absolute Gasteiger partial charge is 0.449 e. The summed E-state index contributed by atoms with van der Waals surface area (Å²) in [5.74, 6) is -0.972. The molecule has 0 radical (unpaired) electrons. The van der Waals surface area contributed by atoms with E-state index in [1.165, 1.54) is 0 Å². The Labute approximate surface area is 113 Å². The molecule has 1 aromatic heterocycles. The fourth-order valence-electron chi connectivity index (χ4n) is 1.91. The van der Waals surface area contributed by atoms with E-state index in [1.54, 1.807) is 12.1 Å². The molecule has 0 atom stereocenters. The quantitative estimate of drug-likeness (QED) is 0.864. The van der Waals surface area contributed by atoms with Gasteiger partial charge in [-0.2, -0.15) is 13.2 Å². The van der Waals surface area contributed by atoms with Gasteiger partial charge in [0.05, 0.1) is 22.6 Å². The summed E-state index contributed by atoms with van der Waals surface area (Å²) in [7, 11) is 0. The van der Waals surface area contributed by atoms with Gasteiger partial charge in [-0.15, -0.1) is 0 Å². The summed E-state index contributed by atoms with van der Waals surface area (Å²) in [6.45, 7) is 3.48. The van der Waals surface area contributed by atoms with Gasteiger partial charge in [-0.25, -0.2) is 4.98 Å². The second kappa shape index (κ2) is 4.48. The SMILES string of the molecule is Cc1cc2nc(C(F)(F)F)n(CC(N)=S)c2cc1C. The molecule has 0 amide bonds. The first-order valence-corrected chi connectivity index (χ1v) is 5.94. The van der Waals surface area contributed by atoms with Crippen LogP contribution in [0.3, 0.4) is 0 Å². The van der Waals surface area contributed by atoms with Crippen molar-refractivity contribution in [2.75, 3.05) is 0 Å². The Hall–Kier alpha value is -1.63. The van der Waals surface area contributed by atoms with E-state index in [9.17, 15) is 13.2 Å². The number of fused-ring (bicyclic) bond motifs is 1. The molecule has 0 aliphatic heterocycles. The third-order valence-corrected chi connectivity index (χ3v) is 3.06. The number of imidazole rings is 1. The lowest BCUT2D eigenvalue weighted by molar-refractivity contribution is -0.146. The van der Waals surface area contributed by atoms with Crippen LogP contribution in [-0.4, -0.2) is 14.5 Å². The monoisotopic (exact) mass is 287 g/mol. The molecule has 1 heterocycles. The van der Waals surface area contributed by atoms with Crippen molar-refractivity contribution in [1.29, 1.82) is 0 Å². The van der Waals surface area contributed by atoms with Crippen LogP contribution in [0.4, 0.5) is 13.2 Å². The smallest absolute Gasteiger partial charge is 0.392 e. The number of nitrogens with two attached hydrogens (primary N) is 1. The molecule has 1 aromatic carbocycles. The molecular weight excluding hydrogens is 275 g/mol. The van der Waals surface area contributed by atoms with Crippen LogP contribution in [0.5, 0.6) is 0 Å². The number of thiocarbonyl (C=S) groups is 1. The van der Waals surface area contributed by atoms with Gasteiger partial charge in [-0.3, -0.25) is 0 Å². The highest BCUT2D eigenvalue weighted by Crippen LogP contribution is 2.32. The maximum atomic E-state index is 13.0. The van der Waals surface area contributed by atoms with Crippen LogP contribution in [0, 0.1) is 13.8 Å². The number of hydrogen-bond donors (Lipinski definition) is 1. The average molecular weight is 287 g/mol. The number of rotatable bonds is 2. The zero-order valence-corrected chi connectivity index (χ0v) is 11.2. The van der Waals surface area contributed by atoms with Crippen LogP contribution in [0.15, 0.2) is 12.1 Å². The van der Waals surface area contributed by atoms with E-state index >= 15 is 0 Å². The summed E-state index contributed by atoms with van der Waals surface area (Å²) < 4.78 is 39.9. The molecule has 102 valence electrons. The van der Waals surface area contributed by atoms with Crippen molar-refractivity contribution in [3.05, 3.63) is 29.1 Å². The zero-order valence-electron chi connectivity index (χ0n) is 10.4. The molecule has 0 saturated heterocycles. The Kier molecular flexibility index (Phi) is 3.25. The number of aryl methyl sites for hydroxylation is 2. The maximum absolute atomic E-state index is 13.0. The summed E-state index contributed by atoms with van der Waals surface area (Å²) in [5, 5.41) is 0. The third kappa shape index (κ3) is 2.56. The predicted octanol–water partition coefficient (Wildman–Crippen LogP) is 2.96. The van der Waals surface area contributed by atoms with Gasteiger partial charge in [-0.1, -0.05) is 12.2 Å². The predicted molar refractivity (Wildman–Crippen MR) is 71.0 cm³/mol. The molecule has 19 heavy (non-hydrogen) atoms. The van der Waals surface area contributed by atoms with Crippen molar-refractivity contribution >= 4 is 28.2 Å². The van der Waals surface area contributed by atoms with E-state index < -0.39 is 12.0 Å². The minimum Gasteiger partial charge on any atom is -0.392 e. The molecule has 2 N–H and O–H groups in total. The summed E-state index contributed by atoms with van der Waals surface area (Å²) in [6, 6.07) is 3.31. The lowest BCUT2D eigenvalue weighted by atomic mass is 10.1. The van der Waals surface area contributed by atoms with Crippen LogP contribution in [-0.2, 0) is 12.7 Å². The summed E-state index contributed by atoms with van der Waals surface area (Å²) >= 11 is 4.71. The van der Waals surface area contributed by atoms with Crippen molar-refractivity contribution < 1.29 is 13.2 Å². The van der Waals surface area contributed by atoms with E-state index in [1.807, 2.05) is 13.8 Å². The van der Waals surface area contributed by atoms with Gasteiger partial charge in [-0.05, 0) is 37.1 Å². The summed E-state index contributed by atoms with van der Waals surface area (Å²) in [5.41, 5.74) is 7.84. The average Bonchev–Trinajstić information content (AvgIpc) is 2.57. The van der Waals surface area contributed by atoms with Crippen LogP contribution in [0.1, 0.15) is 17.0 Å². The van der Waals surface area contributed by atoms with Gasteiger partial charge in [0.15, 0.2) is 0 Å². The van der Waals surface area contributed by atoms with E-state index in [0.29, 0.717) is 11.0 Å². The number of halogens is 3. The minimum atomic E-state index is -4.54. The summed E-state index contributed by atoms with van der Waals surface area (Å²) in [4.78, 5) is 3.65. The topological polar surface area (TPSA) is 43.8 Å². The molecule has 3 nitrogen and oxygen atoms in total. The normalized spacial score (nSPS) is 12.1. The zero-order chi connectivity index (χ0) is 14.4. The van der Waals surface area contributed by atoms with Crippen molar-refractivity contribution in [2.24, 2.45) is 5.73 Å². The molecule has 2 aromatic rings. The molecule has 7 heteroatoms. The molecule has 2 rings (SSSR count). The molecule has 0 saturated carbocycles. The lowest BCUT2D eigenvalue weighted by Gasteiger charge is -2.10. The second-order valence-electron chi connectivity index (χ2n) is 4.41. The van der Waals surface area contributed by atoms with Gasteiger partial charge in [0.2, 0.25) is 5.82 Å². The molecule has 0 spiro atoms. The van der Waals surface area contributed by atoms with E-state index in [2.05, 4.69) is 4.98 Å². The lowest BCUT2D eigenvalue weighted by Crippen LogP contribution is -2.22. The molecule has 0 bridgehead atoms. The number of hydrogen-bond acceptors (Lipinski definition) is 2. The Morgan fingerprint density at radius 2 is 1.89 bits per heavy atom. The van der Waals surface area contributed by atoms with Crippen LogP contribution >= 0.6 is 12.2 Å². The minimum absolute atomic E-state index is 0.0111. The van der Waals surface area contributed by atoms with E-state index in [-0.39, 0.29) is 11.5 Å². The van der Waals surface area contributed by atoms with Crippen LogP contribution < -0.4 is 5.73 Å². The fraction of sp³-hybridized carbons (Fsp3) is 0.333. The van der Waals surface area contributed by atoms with E-state index in [4.69, 9.17) is 18.0 Å². The second-order valence-corrected chi connectivity index (χ2v) is 4.94. The Morgan fingerprint density at radius 1 is 1.32 bits per heavy atom. The highest BCUT2D eigenvalue weighted by atomic mass is 32.1. The molecule has 0 aliphatic rings. The van der Waals surface area contributed by atoms with Crippen LogP contribution in [0.25, 0.3) is 11.0 Å². The molecule has 0 fully saturated rings. The Morgan fingerprint density at radius 3 is 2.42 bits per heavy atom. The molecular formula is C12H12F3N3S. The van der Waals surface area contributed by atoms with Crippen LogP contribution in [0.2, 0.25) is 0 Å². The fourth-order valence-corrected chi connectivity index (χ4v) is 2.04. The Balaban J connectivity index is 2.77. The maximum Gasteiger partial charge on any atom is 0.449 e. The third-order valence-electron chi connectivity index (χ3n) is 2.93. The highest BCUT2D eigenvalue weighted by Gasteiger charge is 2.37. The van der Waals surface area contributed by atoms with Gasteiger partial charge < -0.3 is 10.3 Å². The molecule has 0 aliphatic carbocycles. The first kappa shape index (κ1) is 13.8. The van der Waals surface area contributed by atoms with Gasteiger partial charge >= 0.3 is 6.18 Å². The van der Waals surface area contributed by atoms with Crippen molar-refractivity contribution in [1.82, 2.24) is 9.55 Å².